The van der Waals surface area contributed by atoms with Crippen molar-refractivity contribution in [3.8, 4) is 11.5 Å². The van der Waals surface area contributed by atoms with Crippen LogP contribution in [0.15, 0.2) is 72.8 Å². The molecule has 0 bridgehead atoms. The molecule has 3 aromatic rings. The Hall–Kier alpha value is -3.32. The van der Waals surface area contributed by atoms with Crippen molar-refractivity contribution in [1.29, 1.82) is 0 Å². The molecule has 1 aliphatic heterocycles. The van der Waals surface area contributed by atoms with Crippen molar-refractivity contribution in [3.05, 3.63) is 100 Å². The van der Waals surface area contributed by atoms with Gasteiger partial charge in [-0.15, -0.1) is 0 Å². The Labute approximate surface area is 229 Å². The van der Waals surface area contributed by atoms with Gasteiger partial charge in [0.05, 0.1) is 0 Å². The number of hydrogen-bond acceptors (Lipinski definition) is 5. The second-order valence-corrected chi connectivity index (χ2v) is 10.1. The summed E-state index contributed by atoms with van der Waals surface area (Å²) in [7, 11) is 0. The van der Waals surface area contributed by atoms with E-state index < -0.39 is 5.97 Å². The molecule has 1 saturated heterocycles. The zero-order valence-electron chi connectivity index (χ0n) is 21.6. The standard InChI is InChI=1S/C31H34ClNO5/c1-22-18-28(10-11-30(22)38-21-31(35)36)37-17-14-29(26-6-8-27(32)9-7-26)25-4-2-23(3-5-25)19-33-15-12-24(20-34)13-16-33/h2-11,14,18,24,34H,12-13,15-17,19-21H2,1H3,(H,35,36)/b29-14+. The summed E-state index contributed by atoms with van der Waals surface area (Å²) in [6.07, 6.45) is 4.16. The van der Waals surface area contributed by atoms with Crippen molar-refractivity contribution in [2.45, 2.75) is 26.3 Å². The summed E-state index contributed by atoms with van der Waals surface area (Å²) in [5, 5.41) is 18.9. The Bertz CT molecular complexity index is 1230. The molecule has 38 heavy (non-hydrogen) atoms. The number of aliphatic carboxylic acids is 1. The van der Waals surface area contributed by atoms with Gasteiger partial charge in [0.25, 0.3) is 0 Å². The molecule has 0 unspecified atom stereocenters. The maximum Gasteiger partial charge on any atom is 0.341 e. The van der Waals surface area contributed by atoms with Crippen molar-refractivity contribution >= 4 is 23.1 Å². The number of halogens is 1. The van der Waals surface area contributed by atoms with Gasteiger partial charge in [0.1, 0.15) is 18.1 Å². The molecule has 6 nitrogen and oxygen atoms in total. The molecule has 0 spiro atoms. The molecule has 0 aromatic heterocycles. The first-order chi connectivity index (χ1) is 18.4. The molecule has 0 aliphatic carbocycles. The summed E-state index contributed by atoms with van der Waals surface area (Å²) in [6, 6.07) is 21.8. The number of carboxylic acid groups (broad SMARTS) is 1. The van der Waals surface area contributed by atoms with Gasteiger partial charge in [0.15, 0.2) is 6.61 Å². The largest absolute Gasteiger partial charge is 0.489 e. The van der Waals surface area contributed by atoms with E-state index in [9.17, 15) is 9.90 Å². The summed E-state index contributed by atoms with van der Waals surface area (Å²) >= 11 is 6.14. The predicted molar refractivity (Wildman–Crippen MR) is 150 cm³/mol. The number of piperidine rings is 1. The van der Waals surface area contributed by atoms with Gasteiger partial charge in [-0.2, -0.15) is 0 Å². The van der Waals surface area contributed by atoms with Crippen LogP contribution in [0.3, 0.4) is 0 Å². The molecule has 1 fully saturated rings. The van der Waals surface area contributed by atoms with Crippen molar-refractivity contribution < 1.29 is 24.5 Å². The summed E-state index contributed by atoms with van der Waals surface area (Å²) in [5.41, 5.74) is 5.26. The van der Waals surface area contributed by atoms with Gasteiger partial charge in [-0.1, -0.05) is 48.0 Å². The fourth-order valence-corrected chi connectivity index (χ4v) is 4.77. The molecule has 0 atom stereocenters. The van der Waals surface area contributed by atoms with Crippen molar-refractivity contribution in [3.63, 3.8) is 0 Å². The SMILES string of the molecule is Cc1cc(OC/C=C(/c2ccc(Cl)cc2)c2ccc(CN3CCC(CO)CC3)cc2)ccc1OCC(=O)O. The number of aryl methyl sites for hydroxylation is 1. The normalized spacial score (nSPS) is 14.9. The lowest BCUT2D eigenvalue weighted by Crippen LogP contribution is -2.34. The number of carbonyl (C=O) groups is 1. The molecule has 0 amide bonds. The van der Waals surface area contributed by atoms with Gasteiger partial charge >= 0.3 is 5.97 Å². The zero-order chi connectivity index (χ0) is 26.9. The third-order valence-corrected chi connectivity index (χ3v) is 7.08. The maximum absolute atomic E-state index is 10.8. The van der Waals surface area contributed by atoms with E-state index in [0.29, 0.717) is 29.0 Å². The van der Waals surface area contributed by atoms with Crippen molar-refractivity contribution in [2.24, 2.45) is 5.92 Å². The minimum atomic E-state index is -1.01. The van der Waals surface area contributed by atoms with Crippen LogP contribution in [-0.4, -0.2) is 54.0 Å². The lowest BCUT2D eigenvalue weighted by Gasteiger charge is -2.31. The van der Waals surface area contributed by atoms with Crippen molar-refractivity contribution in [2.75, 3.05) is 32.9 Å². The van der Waals surface area contributed by atoms with Crippen LogP contribution >= 0.6 is 11.6 Å². The van der Waals surface area contributed by atoms with Crippen LogP contribution in [0.5, 0.6) is 11.5 Å². The first kappa shape index (κ1) is 27.7. The minimum Gasteiger partial charge on any atom is -0.489 e. The molecule has 2 N–H and O–H groups in total. The molecule has 3 aromatic carbocycles. The smallest absolute Gasteiger partial charge is 0.341 e. The summed E-state index contributed by atoms with van der Waals surface area (Å²) in [6.45, 7) is 5.07. The number of rotatable bonds is 11. The number of aliphatic hydroxyl groups excluding tert-OH is 1. The summed E-state index contributed by atoms with van der Waals surface area (Å²) in [5.74, 6) is 0.627. The monoisotopic (exact) mass is 535 g/mol. The Morgan fingerprint density at radius 2 is 1.66 bits per heavy atom. The number of likely N-dealkylation sites (tertiary alicyclic amines) is 1. The Morgan fingerprint density at radius 1 is 1.00 bits per heavy atom. The molecular formula is C31H34ClNO5. The fraction of sp³-hybridized carbons (Fsp3) is 0.323. The highest BCUT2D eigenvalue weighted by molar-refractivity contribution is 6.30. The molecule has 0 radical (unpaired) electrons. The lowest BCUT2D eigenvalue weighted by molar-refractivity contribution is -0.139. The topological polar surface area (TPSA) is 79.2 Å². The van der Waals surface area contributed by atoms with E-state index >= 15 is 0 Å². The van der Waals surface area contributed by atoms with Crippen molar-refractivity contribution in [1.82, 2.24) is 4.90 Å². The number of nitrogens with zero attached hydrogens (tertiary/aromatic N) is 1. The van der Waals surface area contributed by atoms with Crippen LogP contribution in [0.25, 0.3) is 5.57 Å². The second-order valence-electron chi connectivity index (χ2n) is 9.64. The van der Waals surface area contributed by atoms with E-state index in [0.717, 1.165) is 54.7 Å². The van der Waals surface area contributed by atoms with Gasteiger partial charge in [0, 0.05) is 18.2 Å². The molecule has 7 heteroatoms. The number of benzene rings is 3. The molecular weight excluding hydrogens is 502 g/mol. The van der Waals surface area contributed by atoms with Crippen LogP contribution in [0.1, 0.15) is 35.1 Å². The quantitative estimate of drug-likeness (QED) is 0.322. The van der Waals surface area contributed by atoms with Gasteiger partial charge in [-0.25, -0.2) is 4.79 Å². The lowest BCUT2D eigenvalue weighted by atomic mass is 9.95. The minimum absolute atomic E-state index is 0.290. The van der Waals surface area contributed by atoms with Crippen LogP contribution in [0, 0.1) is 12.8 Å². The Balaban J connectivity index is 1.45. The number of aliphatic hydroxyl groups is 1. The zero-order valence-corrected chi connectivity index (χ0v) is 22.4. The van der Waals surface area contributed by atoms with Crippen LogP contribution in [0.2, 0.25) is 5.02 Å². The first-order valence-corrected chi connectivity index (χ1v) is 13.3. The average Bonchev–Trinajstić information content (AvgIpc) is 2.92. The Morgan fingerprint density at radius 3 is 2.26 bits per heavy atom. The summed E-state index contributed by atoms with van der Waals surface area (Å²) < 4.78 is 11.3. The molecule has 0 saturated carbocycles. The van der Waals surface area contributed by atoms with E-state index in [1.807, 2.05) is 37.3 Å². The third kappa shape index (κ3) is 7.84. The summed E-state index contributed by atoms with van der Waals surface area (Å²) in [4.78, 5) is 13.2. The highest BCUT2D eigenvalue weighted by atomic mass is 35.5. The van der Waals surface area contributed by atoms with Gasteiger partial charge in [0.2, 0.25) is 0 Å². The predicted octanol–water partition coefficient (Wildman–Crippen LogP) is 5.83. The van der Waals surface area contributed by atoms with E-state index in [4.69, 9.17) is 26.2 Å². The average molecular weight is 536 g/mol. The molecule has 4 rings (SSSR count). The van der Waals surface area contributed by atoms with E-state index in [1.165, 1.54) is 5.56 Å². The molecule has 1 aliphatic rings. The first-order valence-electron chi connectivity index (χ1n) is 12.9. The highest BCUT2D eigenvalue weighted by Gasteiger charge is 2.18. The number of ether oxygens (including phenoxy) is 2. The van der Waals surface area contributed by atoms with E-state index in [2.05, 4.69) is 35.2 Å². The van der Waals surface area contributed by atoms with Gasteiger partial charge < -0.3 is 19.7 Å². The van der Waals surface area contributed by atoms with Gasteiger partial charge in [-0.3, -0.25) is 4.90 Å². The third-order valence-electron chi connectivity index (χ3n) is 6.83. The Kier molecular flexibility index (Phi) is 9.82. The molecule has 200 valence electrons. The second kappa shape index (κ2) is 13.5. The van der Waals surface area contributed by atoms with Crippen LogP contribution in [-0.2, 0) is 11.3 Å². The number of carboxylic acids is 1. The van der Waals surface area contributed by atoms with E-state index in [1.54, 1.807) is 12.1 Å². The molecule has 1 heterocycles. The maximum atomic E-state index is 10.8. The number of hydrogen-bond donors (Lipinski definition) is 2. The van der Waals surface area contributed by atoms with Gasteiger partial charge in [-0.05, 0) is 103 Å². The highest BCUT2D eigenvalue weighted by Crippen LogP contribution is 2.27. The van der Waals surface area contributed by atoms with E-state index in [-0.39, 0.29) is 13.2 Å². The van der Waals surface area contributed by atoms with Crippen LogP contribution in [0.4, 0.5) is 0 Å². The fourth-order valence-electron chi connectivity index (χ4n) is 4.64. The van der Waals surface area contributed by atoms with Crippen LogP contribution < -0.4 is 9.47 Å².